The first-order valence-corrected chi connectivity index (χ1v) is 8.92. The van der Waals surface area contributed by atoms with Crippen molar-refractivity contribution in [1.82, 2.24) is 4.90 Å². The van der Waals surface area contributed by atoms with E-state index in [0.717, 1.165) is 23.1 Å². The van der Waals surface area contributed by atoms with Crippen LogP contribution in [0.25, 0.3) is 0 Å². The third-order valence-electron chi connectivity index (χ3n) is 5.31. The molecule has 0 aliphatic carbocycles. The lowest BCUT2D eigenvalue weighted by molar-refractivity contribution is -0.152. The van der Waals surface area contributed by atoms with Crippen LogP contribution in [0.2, 0.25) is 0 Å². The summed E-state index contributed by atoms with van der Waals surface area (Å²) in [5, 5.41) is 9.62. The number of hydrogen-bond donors (Lipinski definition) is 1. The number of carboxylic acid groups (broad SMARTS) is 1. The van der Waals surface area contributed by atoms with E-state index in [1.807, 2.05) is 42.5 Å². The normalized spacial score (nSPS) is 21.6. The van der Waals surface area contributed by atoms with E-state index in [2.05, 4.69) is 6.07 Å². The lowest BCUT2D eigenvalue weighted by atomic mass is 9.92. The highest BCUT2D eigenvalue weighted by Crippen LogP contribution is 2.32. The Kier molecular flexibility index (Phi) is 4.47. The molecule has 2 atom stereocenters. The zero-order valence-corrected chi connectivity index (χ0v) is 14.4. The molecular weight excluding hydrogens is 330 g/mol. The van der Waals surface area contributed by atoms with Gasteiger partial charge < -0.3 is 14.7 Å². The fraction of sp³-hybridized carbons (Fsp3) is 0.333. The van der Waals surface area contributed by atoms with Gasteiger partial charge in [0.2, 0.25) is 5.91 Å². The number of carbonyl (C=O) groups is 2. The van der Waals surface area contributed by atoms with Crippen molar-refractivity contribution in [2.45, 2.75) is 38.0 Å². The van der Waals surface area contributed by atoms with E-state index in [0.29, 0.717) is 19.6 Å². The maximum Gasteiger partial charge on any atom is 0.326 e. The van der Waals surface area contributed by atoms with Gasteiger partial charge in [0.1, 0.15) is 6.04 Å². The largest absolute Gasteiger partial charge is 0.480 e. The third-order valence-corrected chi connectivity index (χ3v) is 5.31. The average molecular weight is 351 g/mol. The Bertz CT molecular complexity index is 847. The molecule has 2 aromatic rings. The van der Waals surface area contributed by atoms with Crippen LogP contribution in [0, 0.1) is 0 Å². The van der Waals surface area contributed by atoms with E-state index in [9.17, 15) is 14.7 Å². The monoisotopic (exact) mass is 351 g/mol. The van der Waals surface area contributed by atoms with Gasteiger partial charge in [-0.15, -0.1) is 0 Å². The Morgan fingerprint density at radius 3 is 2.50 bits per heavy atom. The highest BCUT2D eigenvalue weighted by Gasteiger charge is 2.36. The predicted molar refractivity (Wildman–Crippen MR) is 95.6 cm³/mol. The minimum absolute atomic E-state index is 0.170. The van der Waals surface area contributed by atoms with Crippen LogP contribution in [0.5, 0.6) is 0 Å². The molecule has 0 saturated carbocycles. The summed E-state index contributed by atoms with van der Waals surface area (Å²) in [5.41, 5.74) is 4.26. The summed E-state index contributed by atoms with van der Waals surface area (Å²) < 4.78 is 5.84. The molecule has 4 rings (SSSR count). The van der Waals surface area contributed by atoms with Crippen molar-refractivity contribution in [2.24, 2.45) is 0 Å². The third kappa shape index (κ3) is 3.10. The van der Waals surface area contributed by atoms with Crippen LogP contribution in [0.15, 0.2) is 48.5 Å². The first kappa shape index (κ1) is 16.8. The number of rotatable bonds is 3. The lowest BCUT2D eigenvalue weighted by Gasteiger charge is -2.36. The van der Waals surface area contributed by atoms with E-state index in [1.165, 1.54) is 10.5 Å². The number of benzene rings is 2. The fourth-order valence-corrected chi connectivity index (χ4v) is 3.93. The molecule has 0 saturated heterocycles. The zero-order valence-electron chi connectivity index (χ0n) is 14.4. The molecule has 1 N–H and O–H groups in total. The van der Waals surface area contributed by atoms with Gasteiger partial charge in [-0.25, -0.2) is 4.79 Å². The Labute approximate surface area is 152 Å². The first-order valence-electron chi connectivity index (χ1n) is 8.92. The molecule has 2 aliphatic rings. The minimum atomic E-state index is -0.960. The highest BCUT2D eigenvalue weighted by molar-refractivity contribution is 5.85. The Balaban J connectivity index is 1.57. The molecule has 26 heavy (non-hydrogen) atoms. The van der Waals surface area contributed by atoms with Crippen molar-refractivity contribution in [3.05, 3.63) is 70.8 Å². The molecule has 0 fully saturated rings. The summed E-state index contributed by atoms with van der Waals surface area (Å²) in [4.78, 5) is 26.2. The van der Waals surface area contributed by atoms with Crippen molar-refractivity contribution in [1.29, 1.82) is 0 Å². The number of nitrogens with zero attached hydrogens (tertiary/aromatic N) is 1. The molecule has 0 spiro atoms. The summed E-state index contributed by atoms with van der Waals surface area (Å²) in [6.07, 6.45) is 1.05. The van der Waals surface area contributed by atoms with Crippen LogP contribution >= 0.6 is 0 Å². The molecule has 0 unspecified atom stereocenters. The van der Waals surface area contributed by atoms with Crippen molar-refractivity contribution >= 4 is 11.9 Å². The molecule has 0 bridgehead atoms. The van der Waals surface area contributed by atoms with Gasteiger partial charge in [-0.2, -0.15) is 0 Å². The molecule has 2 aromatic carbocycles. The summed E-state index contributed by atoms with van der Waals surface area (Å²) in [5.74, 6) is -1.13. The van der Waals surface area contributed by atoms with E-state index >= 15 is 0 Å². The molecule has 2 aliphatic heterocycles. The van der Waals surface area contributed by atoms with Crippen molar-refractivity contribution in [3.63, 3.8) is 0 Å². The highest BCUT2D eigenvalue weighted by atomic mass is 16.5. The molecule has 134 valence electrons. The molecule has 0 radical (unpaired) electrons. The fourth-order valence-electron chi connectivity index (χ4n) is 3.93. The SMILES string of the molecule is O=C(O)[C@@H]1Cc2ccccc2CN1C(=O)C[C@H]1OCCc2ccccc21. The average Bonchev–Trinajstić information content (AvgIpc) is 2.67. The molecule has 5 nitrogen and oxygen atoms in total. The second-order valence-electron chi connectivity index (χ2n) is 6.86. The summed E-state index contributed by atoms with van der Waals surface area (Å²) >= 11 is 0. The molecular formula is C21H21NO4. The number of hydrogen-bond acceptors (Lipinski definition) is 3. The number of ether oxygens (including phenoxy) is 1. The number of fused-ring (bicyclic) bond motifs is 2. The maximum atomic E-state index is 13.0. The predicted octanol–water partition coefficient (Wildman–Crippen LogP) is 2.73. The molecule has 0 aromatic heterocycles. The van der Waals surface area contributed by atoms with E-state index in [-0.39, 0.29) is 18.4 Å². The maximum absolute atomic E-state index is 13.0. The smallest absolute Gasteiger partial charge is 0.326 e. The number of carboxylic acids is 1. The Morgan fingerprint density at radius 1 is 1.04 bits per heavy atom. The van der Waals surface area contributed by atoms with Crippen LogP contribution in [0.1, 0.15) is 34.8 Å². The van der Waals surface area contributed by atoms with Gasteiger partial charge in [-0.05, 0) is 28.7 Å². The van der Waals surface area contributed by atoms with Gasteiger partial charge in [0, 0.05) is 13.0 Å². The van der Waals surface area contributed by atoms with Crippen molar-refractivity contribution < 1.29 is 19.4 Å². The summed E-state index contributed by atoms with van der Waals surface area (Å²) in [6.45, 7) is 0.917. The van der Waals surface area contributed by atoms with Gasteiger partial charge >= 0.3 is 5.97 Å². The van der Waals surface area contributed by atoms with Crippen LogP contribution < -0.4 is 0 Å². The second-order valence-corrected chi connectivity index (χ2v) is 6.86. The lowest BCUT2D eigenvalue weighted by Crippen LogP contribution is -2.49. The number of amides is 1. The van der Waals surface area contributed by atoms with E-state index < -0.39 is 12.0 Å². The van der Waals surface area contributed by atoms with Crippen LogP contribution in [-0.2, 0) is 33.7 Å². The summed E-state index contributed by atoms with van der Waals surface area (Å²) in [7, 11) is 0. The standard InChI is InChI=1S/C21H21NO4/c23-20(12-19-17-8-4-3-5-14(17)9-10-26-19)22-13-16-7-2-1-6-15(16)11-18(22)21(24)25/h1-8,18-19H,9-13H2,(H,24,25)/t18-,19+/m0/s1. The van der Waals surface area contributed by atoms with Gasteiger partial charge in [0.15, 0.2) is 0 Å². The van der Waals surface area contributed by atoms with E-state index in [1.54, 1.807) is 0 Å². The second kappa shape index (κ2) is 6.92. The van der Waals surface area contributed by atoms with Crippen molar-refractivity contribution in [3.8, 4) is 0 Å². The first-order chi connectivity index (χ1) is 12.6. The number of aliphatic carboxylic acids is 1. The minimum Gasteiger partial charge on any atom is -0.480 e. The van der Waals surface area contributed by atoms with Crippen molar-refractivity contribution in [2.75, 3.05) is 6.61 Å². The van der Waals surface area contributed by atoms with Gasteiger partial charge in [0.05, 0.1) is 19.1 Å². The number of carbonyl (C=O) groups excluding carboxylic acids is 1. The zero-order chi connectivity index (χ0) is 18.1. The molecule has 1 amide bonds. The van der Waals surface area contributed by atoms with Gasteiger partial charge in [-0.3, -0.25) is 4.79 Å². The van der Waals surface area contributed by atoms with Crippen LogP contribution in [0.3, 0.4) is 0 Å². The van der Waals surface area contributed by atoms with Crippen LogP contribution in [0.4, 0.5) is 0 Å². The molecule has 2 heterocycles. The Morgan fingerprint density at radius 2 is 1.73 bits per heavy atom. The topological polar surface area (TPSA) is 66.8 Å². The van der Waals surface area contributed by atoms with Crippen LogP contribution in [-0.4, -0.2) is 34.5 Å². The quantitative estimate of drug-likeness (QED) is 0.923. The van der Waals surface area contributed by atoms with Gasteiger partial charge in [0.25, 0.3) is 0 Å². The Hall–Kier alpha value is -2.66. The molecule has 5 heteroatoms. The van der Waals surface area contributed by atoms with Gasteiger partial charge in [-0.1, -0.05) is 48.5 Å². The van der Waals surface area contributed by atoms with E-state index in [4.69, 9.17) is 4.74 Å². The summed E-state index contributed by atoms with van der Waals surface area (Å²) in [6, 6.07) is 14.9.